The van der Waals surface area contributed by atoms with Gasteiger partial charge in [0.2, 0.25) is 0 Å². The maximum atomic E-state index is 11.7. The van der Waals surface area contributed by atoms with Crippen LogP contribution in [0.2, 0.25) is 0 Å². The van der Waals surface area contributed by atoms with Gasteiger partial charge in [-0.15, -0.1) is 0 Å². The summed E-state index contributed by atoms with van der Waals surface area (Å²) in [6.45, 7) is 5.75. The van der Waals surface area contributed by atoms with Gasteiger partial charge < -0.3 is 19.5 Å². The van der Waals surface area contributed by atoms with Crippen molar-refractivity contribution in [1.29, 1.82) is 0 Å². The number of aromatic nitrogens is 2. The van der Waals surface area contributed by atoms with Crippen molar-refractivity contribution in [3.8, 4) is 0 Å². The van der Waals surface area contributed by atoms with Gasteiger partial charge in [-0.3, -0.25) is 4.79 Å². The van der Waals surface area contributed by atoms with Crippen LogP contribution in [0.25, 0.3) is 0 Å². The first-order chi connectivity index (χ1) is 9.77. The van der Waals surface area contributed by atoms with E-state index >= 15 is 0 Å². The van der Waals surface area contributed by atoms with Gasteiger partial charge in [0.25, 0.3) is 5.56 Å². The highest BCUT2D eigenvalue weighted by Crippen LogP contribution is 1.98. The van der Waals surface area contributed by atoms with Gasteiger partial charge in [-0.25, -0.2) is 4.68 Å². The minimum atomic E-state index is -0.136. The molecule has 1 aromatic rings. The fraction of sp³-hybridized carbons (Fsp3) is 0.692. The van der Waals surface area contributed by atoms with Crippen LogP contribution >= 0.6 is 0 Å². The normalized spacial score (nSPS) is 10.7. The molecule has 20 heavy (non-hydrogen) atoms. The average molecular weight is 285 g/mol. The van der Waals surface area contributed by atoms with Crippen LogP contribution < -0.4 is 10.9 Å². The number of nitrogens with zero attached hydrogens (tertiary/aromatic N) is 2. The van der Waals surface area contributed by atoms with Crippen LogP contribution in [0.5, 0.6) is 0 Å². The van der Waals surface area contributed by atoms with E-state index in [1.165, 1.54) is 10.7 Å². The van der Waals surface area contributed by atoms with Crippen LogP contribution in [0.3, 0.4) is 0 Å². The molecule has 1 aromatic heterocycles. The van der Waals surface area contributed by atoms with E-state index in [1.54, 1.807) is 13.3 Å². The Morgan fingerprint density at radius 3 is 2.55 bits per heavy atom. The topological polar surface area (TPSA) is 74.6 Å². The Bertz CT molecular complexity index is 422. The smallest absolute Gasteiger partial charge is 0.268 e. The van der Waals surface area contributed by atoms with Crippen LogP contribution in [0.4, 0.5) is 5.69 Å². The zero-order valence-electron chi connectivity index (χ0n) is 12.1. The zero-order chi connectivity index (χ0) is 14.6. The van der Waals surface area contributed by atoms with Crippen molar-refractivity contribution in [2.75, 3.05) is 52.0 Å². The molecule has 0 atom stereocenters. The predicted octanol–water partition coefficient (Wildman–Crippen LogP) is 0.355. The lowest BCUT2D eigenvalue weighted by Gasteiger charge is -2.08. The molecule has 0 radical (unpaired) electrons. The first kappa shape index (κ1) is 16.6. The first-order valence-corrected chi connectivity index (χ1v) is 6.73. The summed E-state index contributed by atoms with van der Waals surface area (Å²) in [5, 5.41) is 7.11. The Morgan fingerprint density at radius 2 is 1.90 bits per heavy atom. The number of rotatable bonds is 11. The van der Waals surface area contributed by atoms with Gasteiger partial charge in [-0.05, 0) is 6.92 Å². The summed E-state index contributed by atoms with van der Waals surface area (Å²) in [7, 11) is 1.63. The fourth-order valence-electron chi connectivity index (χ4n) is 1.52. The summed E-state index contributed by atoms with van der Waals surface area (Å²) in [4.78, 5) is 11.7. The third-order valence-corrected chi connectivity index (χ3v) is 2.50. The highest BCUT2D eigenvalue weighted by atomic mass is 16.5. The minimum Gasteiger partial charge on any atom is -0.384 e. The molecule has 0 aliphatic heterocycles. The molecule has 0 amide bonds. The Kier molecular flexibility index (Phi) is 8.61. The van der Waals surface area contributed by atoms with Crippen molar-refractivity contribution in [2.45, 2.75) is 13.5 Å². The van der Waals surface area contributed by atoms with E-state index in [0.29, 0.717) is 39.6 Å². The van der Waals surface area contributed by atoms with Crippen molar-refractivity contribution >= 4 is 5.69 Å². The predicted molar refractivity (Wildman–Crippen MR) is 76.2 cm³/mol. The Hall–Kier alpha value is -1.44. The quantitative estimate of drug-likeness (QED) is 0.592. The third kappa shape index (κ3) is 6.65. The van der Waals surface area contributed by atoms with E-state index < -0.39 is 0 Å². The van der Waals surface area contributed by atoms with Crippen LogP contribution in [0.15, 0.2) is 17.1 Å². The number of hydrogen-bond acceptors (Lipinski definition) is 6. The molecule has 0 fully saturated rings. The fourth-order valence-corrected chi connectivity index (χ4v) is 1.52. The molecule has 114 valence electrons. The van der Waals surface area contributed by atoms with Crippen molar-refractivity contribution in [3.05, 3.63) is 22.6 Å². The largest absolute Gasteiger partial charge is 0.384 e. The van der Waals surface area contributed by atoms with Crippen molar-refractivity contribution < 1.29 is 14.2 Å². The van der Waals surface area contributed by atoms with Gasteiger partial charge in [-0.1, -0.05) is 0 Å². The summed E-state index contributed by atoms with van der Waals surface area (Å²) >= 11 is 0. The molecule has 1 heterocycles. The molecule has 7 heteroatoms. The standard InChI is InChI=1S/C13H23N3O4/c1-3-14-12-10-13(17)16(15-11-12)4-5-19-8-9-20-7-6-18-2/h10-11,14H,3-9H2,1-2H3. The lowest BCUT2D eigenvalue weighted by atomic mass is 10.4. The van der Waals surface area contributed by atoms with Crippen molar-refractivity contribution in [2.24, 2.45) is 0 Å². The zero-order valence-corrected chi connectivity index (χ0v) is 12.1. The Balaban J connectivity index is 2.17. The maximum Gasteiger partial charge on any atom is 0.268 e. The van der Waals surface area contributed by atoms with Gasteiger partial charge in [-0.2, -0.15) is 5.10 Å². The molecule has 0 unspecified atom stereocenters. The number of nitrogens with one attached hydrogen (secondary N) is 1. The SMILES string of the molecule is CCNc1cnn(CCOCCOCCOC)c(=O)c1. The number of hydrogen-bond donors (Lipinski definition) is 1. The first-order valence-electron chi connectivity index (χ1n) is 6.73. The van der Waals surface area contributed by atoms with Gasteiger partial charge in [0.05, 0.1) is 51.5 Å². The van der Waals surface area contributed by atoms with Crippen LogP contribution in [0.1, 0.15) is 6.92 Å². The monoisotopic (exact) mass is 285 g/mol. The average Bonchev–Trinajstić information content (AvgIpc) is 2.44. The summed E-state index contributed by atoms with van der Waals surface area (Å²) in [5.41, 5.74) is 0.601. The molecular weight excluding hydrogens is 262 g/mol. The molecule has 0 spiro atoms. The summed E-state index contributed by atoms with van der Waals surface area (Å²) < 4.78 is 16.9. The maximum absolute atomic E-state index is 11.7. The Morgan fingerprint density at radius 1 is 1.20 bits per heavy atom. The number of anilines is 1. The lowest BCUT2D eigenvalue weighted by molar-refractivity contribution is 0.0223. The number of methoxy groups -OCH3 is 1. The molecule has 0 aromatic carbocycles. The van der Waals surface area contributed by atoms with Gasteiger partial charge >= 0.3 is 0 Å². The Labute approximate surface area is 118 Å². The molecule has 1 rings (SSSR count). The second-order valence-electron chi connectivity index (χ2n) is 4.05. The van der Waals surface area contributed by atoms with E-state index in [4.69, 9.17) is 14.2 Å². The van der Waals surface area contributed by atoms with E-state index in [9.17, 15) is 4.79 Å². The molecule has 7 nitrogen and oxygen atoms in total. The highest BCUT2D eigenvalue weighted by molar-refractivity contribution is 5.38. The lowest BCUT2D eigenvalue weighted by Crippen LogP contribution is -2.25. The summed E-state index contributed by atoms with van der Waals surface area (Å²) in [6, 6.07) is 1.53. The number of ether oxygens (including phenoxy) is 3. The van der Waals surface area contributed by atoms with Crippen LogP contribution in [-0.2, 0) is 20.8 Å². The molecule has 0 aliphatic carbocycles. The second kappa shape index (κ2) is 10.4. The van der Waals surface area contributed by atoms with Crippen molar-refractivity contribution in [1.82, 2.24) is 9.78 Å². The second-order valence-corrected chi connectivity index (χ2v) is 4.05. The summed E-state index contributed by atoms with van der Waals surface area (Å²) in [5.74, 6) is 0. The van der Waals surface area contributed by atoms with E-state index in [-0.39, 0.29) is 5.56 Å². The molecule has 0 bridgehead atoms. The minimum absolute atomic E-state index is 0.136. The van der Waals surface area contributed by atoms with E-state index in [2.05, 4.69) is 10.4 Å². The van der Waals surface area contributed by atoms with Crippen LogP contribution in [0, 0.1) is 0 Å². The highest BCUT2D eigenvalue weighted by Gasteiger charge is 1.99. The summed E-state index contributed by atoms with van der Waals surface area (Å²) in [6.07, 6.45) is 1.64. The molecule has 1 N–H and O–H groups in total. The van der Waals surface area contributed by atoms with E-state index in [1.807, 2.05) is 6.92 Å². The van der Waals surface area contributed by atoms with E-state index in [0.717, 1.165) is 12.2 Å². The van der Waals surface area contributed by atoms with Gasteiger partial charge in [0.1, 0.15) is 0 Å². The van der Waals surface area contributed by atoms with Gasteiger partial charge in [0.15, 0.2) is 0 Å². The molecule has 0 saturated carbocycles. The van der Waals surface area contributed by atoms with Crippen LogP contribution in [-0.4, -0.2) is 56.5 Å². The molecule has 0 aliphatic rings. The van der Waals surface area contributed by atoms with Crippen molar-refractivity contribution in [3.63, 3.8) is 0 Å². The molecule has 0 saturated heterocycles. The molecular formula is C13H23N3O4. The third-order valence-electron chi connectivity index (χ3n) is 2.50. The van der Waals surface area contributed by atoms with Gasteiger partial charge in [0, 0.05) is 19.7 Å².